The van der Waals surface area contributed by atoms with Gasteiger partial charge in [0, 0.05) is 32.4 Å². The first-order valence-corrected chi connectivity index (χ1v) is 6.61. The van der Waals surface area contributed by atoms with Gasteiger partial charge < -0.3 is 14.9 Å². The van der Waals surface area contributed by atoms with Crippen LogP contribution in [0.15, 0.2) is 42.7 Å². The molecule has 6 nitrogen and oxygen atoms in total. The van der Waals surface area contributed by atoms with E-state index in [9.17, 15) is 4.79 Å². The van der Waals surface area contributed by atoms with Crippen LogP contribution in [0.1, 0.15) is 6.42 Å². The van der Waals surface area contributed by atoms with Gasteiger partial charge in [0.15, 0.2) is 0 Å². The molecule has 0 aliphatic carbocycles. The summed E-state index contributed by atoms with van der Waals surface area (Å²) in [4.78, 5) is 22.8. The average molecular weight is 286 g/mol. The molecule has 0 saturated heterocycles. The predicted molar refractivity (Wildman–Crippen MR) is 82.1 cm³/mol. The molecule has 2 rings (SSSR count). The highest BCUT2D eigenvalue weighted by atomic mass is 16.4. The van der Waals surface area contributed by atoms with Crippen molar-refractivity contribution in [2.24, 2.45) is 0 Å². The third-order valence-corrected chi connectivity index (χ3v) is 3.18. The molecule has 0 aliphatic heterocycles. The van der Waals surface area contributed by atoms with Crippen LogP contribution in [0.3, 0.4) is 0 Å². The highest BCUT2D eigenvalue weighted by Crippen LogP contribution is 2.23. The average Bonchev–Trinajstić information content (AvgIpc) is 2.52. The lowest BCUT2D eigenvalue weighted by Crippen LogP contribution is -2.22. The number of aliphatic carboxylic acids is 1. The van der Waals surface area contributed by atoms with E-state index in [1.807, 2.05) is 55.4 Å². The second-order valence-corrected chi connectivity index (χ2v) is 4.69. The molecule has 0 spiro atoms. The molecule has 0 saturated carbocycles. The van der Waals surface area contributed by atoms with Gasteiger partial charge >= 0.3 is 5.97 Å². The van der Waals surface area contributed by atoms with Gasteiger partial charge in [0.25, 0.3) is 0 Å². The van der Waals surface area contributed by atoms with Gasteiger partial charge in [-0.1, -0.05) is 18.2 Å². The molecule has 0 unspecified atom stereocenters. The van der Waals surface area contributed by atoms with E-state index < -0.39 is 5.97 Å². The van der Waals surface area contributed by atoms with E-state index in [0.717, 1.165) is 11.5 Å². The van der Waals surface area contributed by atoms with Crippen molar-refractivity contribution in [3.63, 3.8) is 0 Å². The maximum absolute atomic E-state index is 10.6. The topological polar surface area (TPSA) is 69.6 Å². The van der Waals surface area contributed by atoms with Crippen LogP contribution in [0, 0.1) is 0 Å². The molecule has 21 heavy (non-hydrogen) atoms. The number of para-hydroxylation sites is 1. The van der Waals surface area contributed by atoms with Crippen LogP contribution in [-0.2, 0) is 4.79 Å². The highest BCUT2D eigenvalue weighted by Gasteiger charge is 2.10. The van der Waals surface area contributed by atoms with E-state index in [1.54, 1.807) is 4.90 Å². The first-order valence-electron chi connectivity index (χ1n) is 6.61. The van der Waals surface area contributed by atoms with Crippen LogP contribution >= 0.6 is 0 Å². The number of aromatic nitrogens is 2. The van der Waals surface area contributed by atoms with Gasteiger partial charge in [0.1, 0.15) is 18.0 Å². The number of anilines is 3. The Morgan fingerprint density at radius 1 is 1.14 bits per heavy atom. The van der Waals surface area contributed by atoms with Crippen molar-refractivity contribution in [1.82, 2.24) is 9.97 Å². The van der Waals surface area contributed by atoms with Gasteiger partial charge in [-0.25, -0.2) is 9.97 Å². The summed E-state index contributed by atoms with van der Waals surface area (Å²) in [6.07, 6.45) is 1.56. The number of benzene rings is 1. The third kappa shape index (κ3) is 3.92. The zero-order valence-electron chi connectivity index (χ0n) is 12.1. The van der Waals surface area contributed by atoms with Gasteiger partial charge in [-0.3, -0.25) is 4.79 Å². The molecule has 2 aromatic rings. The lowest BCUT2D eigenvalue weighted by Gasteiger charge is -2.21. The lowest BCUT2D eigenvalue weighted by molar-refractivity contribution is -0.136. The zero-order valence-corrected chi connectivity index (χ0v) is 12.1. The number of carboxylic acid groups (broad SMARTS) is 1. The lowest BCUT2D eigenvalue weighted by atomic mass is 10.3. The fourth-order valence-corrected chi connectivity index (χ4v) is 1.89. The molecule has 0 atom stereocenters. The predicted octanol–water partition coefficient (Wildman–Crippen LogP) is 2.16. The summed E-state index contributed by atoms with van der Waals surface area (Å²) in [7, 11) is 3.75. The summed E-state index contributed by atoms with van der Waals surface area (Å²) in [6.45, 7) is 0.404. The van der Waals surface area contributed by atoms with Crippen molar-refractivity contribution in [2.45, 2.75) is 6.42 Å². The van der Waals surface area contributed by atoms with Crippen LogP contribution in [0.2, 0.25) is 0 Å². The Hall–Kier alpha value is -2.63. The fourth-order valence-electron chi connectivity index (χ4n) is 1.89. The van der Waals surface area contributed by atoms with Crippen molar-refractivity contribution in [3.05, 3.63) is 42.7 Å². The minimum atomic E-state index is -0.822. The van der Waals surface area contributed by atoms with E-state index in [0.29, 0.717) is 12.4 Å². The summed E-state index contributed by atoms with van der Waals surface area (Å²) >= 11 is 0. The maximum Gasteiger partial charge on any atom is 0.305 e. The smallest absolute Gasteiger partial charge is 0.305 e. The molecule has 1 aromatic heterocycles. The van der Waals surface area contributed by atoms with Gasteiger partial charge in [0.2, 0.25) is 0 Å². The SMILES string of the molecule is CN(CCC(=O)O)c1cc(N(C)c2ccccc2)ncn1. The number of nitrogens with zero attached hydrogens (tertiary/aromatic N) is 4. The molecular formula is C15H18N4O2. The Labute approximate surface area is 123 Å². The minimum absolute atomic E-state index is 0.0738. The van der Waals surface area contributed by atoms with Crippen molar-refractivity contribution >= 4 is 23.3 Å². The molecule has 110 valence electrons. The molecule has 0 amide bonds. The van der Waals surface area contributed by atoms with Gasteiger partial charge in [-0.05, 0) is 12.1 Å². The van der Waals surface area contributed by atoms with Gasteiger partial charge in [-0.2, -0.15) is 0 Å². The summed E-state index contributed by atoms with van der Waals surface area (Å²) in [5.41, 5.74) is 1.02. The number of hydrogen-bond acceptors (Lipinski definition) is 5. The van der Waals surface area contributed by atoms with Crippen molar-refractivity contribution in [1.29, 1.82) is 0 Å². The Balaban J connectivity index is 2.15. The molecule has 1 heterocycles. The van der Waals surface area contributed by atoms with Crippen molar-refractivity contribution in [2.75, 3.05) is 30.4 Å². The van der Waals surface area contributed by atoms with Crippen molar-refractivity contribution < 1.29 is 9.90 Å². The first kappa shape index (κ1) is 14.8. The summed E-state index contributed by atoms with van der Waals surface area (Å²) in [5, 5.41) is 8.73. The second-order valence-electron chi connectivity index (χ2n) is 4.69. The fraction of sp³-hybridized carbons (Fsp3) is 0.267. The van der Waals surface area contributed by atoms with E-state index in [4.69, 9.17) is 5.11 Å². The van der Waals surface area contributed by atoms with Gasteiger partial charge in [0.05, 0.1) is 6.42 Å². The maximum atomic E-state index is 10.6. The number of carbonyl (C=O) groups is 1. The normalized spacial score (nSPS) is 10.2. The third-order valence-electron chi connectivity index (χ3n) is 3.18. The molecule has 0 radical (unpaired) electrons. The number of rotatable bonds is 6. The molecule has 6 heteroatoms. The van der Waals surface area contributed by atoms with Crippen LogP contribution < -0.4 is 9.80 Å². The molecule has 0 fully saturated rings. The summed E-state index contributed by atoms with van der Waals surface area (Å²) < 4.78 is 0. The number of hydrogen-bond donors (Lipinski definition) is 1. The molecular weight excluding hydrogens is 268 g/mol. The van der Waals surface area contributed by atoms with Crippen LogP contribution in [0.4, 0.5) is 17.3 Å². The Morgan fingerprint density at radius 2 is 1.81 bits per heavy atom. The Morgan fingerprint density at radius 3 is 2.48 bits per heavy atom. The van der Waals surface area contributed by atoms with Crippen LogP contribution in [0.25, 0.3) is 0 Å². The van der Waals surface area contributed by atoms with Crippen LogP contribution in [-0.4, -0.2) is 41.7 Å². The molecule has 0 bridgehead atoms. The van der Waals surface area contributed by atoms with Crippen molar-refractivity contribution in [3.8, 4) is 0 Å². The number of carboxylic acids is 1. The quantitative estimate of drug-likeness (QED) is 0.877. The van der Waals surface area contributed by atoms with E-state index in [2.05, 4.69) is 9.97 Å². The van der Waals surface area contributed by atoms with Gasteiger partial charge in [-0.15, -0.1) is 0 Å². The minimum Gasteiger partial charge on any atom is -0.481 e. The largest absolute Gasteiger partial charge is 0.481 e. The monoisotopic (exact) mass is 286 g/mol. The highest BCUT2D eigenvalue weighted by molar-refractivity contribution is 5.67. The Kier molecular flexibility index (Phi) is 4.71. The Bertz CT molecular complexity index is 604. The zero-order chi connectivity index (χ0) is 15.2. The van der Waals surface area contributed by atoms with Crippen LogP contribution in [0.5, 0.6) is 0 Å². The molecule has 1 N–H and O–H groups in total. The first-order chi connectivity index (χ1) is 10.1. The molecule has 0 aliphatic rings. The van der Waals surface area contributed by atoms with E-state index in [1.165, 1.54) is 6.33 Å². The summed E-state index contributed by atoms with van der Waals surface area (Å²) in [5.74, 6) is 0.634. The molecule has 1 aromatic carbocycles. The standard InChI is InChI=1S/C15H18N4O2/c1-18(9-8-15(20)21)13-10-14(17-11-16-13)19(2)12-6-4-3-5-7-12/h3-7,10-11H,8-9H2,1-2H3,(H,20,21). The summed E-state index contributed by atoms with van der Waals surface area (Å²) in [6, 6.07) is 11.7. The van der Waals surface area contributed by atoms with E-state index >= 15 is 0 Å². The van der Waals surface area contributed by atoms with E-state index in [-0.39, 0.29) is 6.42 Å². The second kappa shape index (κ2) is 6.69.